The zero-order valence-corrected chi connectivity index (χ0v) is 12.9. The zero-order chi connectivity index (χ0) is 13.9. The first-order valence-corrected chi connectivity index (χ1v) is 8.22. The summed E-state index contributed by atoms with van der Waals surface area (Å²) in [6.45, 7) is 2.85. The predicted molar refractivity (Wildman–Crippen MR) is 87.7 cm³/mol. The molecule has 1 heterocycles. The van der Waals surface area contributed by atoms with Gasteiger partial charge in [0.1, 0.15) is 0 Å². The molecule has 0 bridgehead atoms. The fourth-order valence-electron chi connectivity index (χ4n) is 2.14. The van der Waals surface area contributed by atoms with Crippen LogP contribution in [0.2, 0.25) is 0 Å². The van der Waals surface area contributed by atoms with Gasteiger partial charge in [-0.3, -0.25) is 0 Å². The Labute approximate surface area is 127 Å². The second-order valence-electron chi connectivity index (χ2n) is 4.69. The quantitative estimate of drug-likeness (QED) is 0.782. The minimum Gasteiger partial charge on any atom is -0.330 e. The monoisotopic (exact) mass is 300 g/mol. The molecular weight excluding hydrogens is 284 g/mol. The summed E-state index contributed by atoms with van der Waals surface area (Å²) in [4.78, 5) is 5.94. The number of aromatic nitrogens is 1. The smallest absolute Gasteiger partial charge is 0.155 e. The lowest BCUT2D eigenvalue weighted by Crippen LogP contribution is -2.02. The first-order valence-electron chi connectivity index (χ1n) is 6.59. The van der Waals surface area contributed by atoms with Crippen molar-refractivity contribution in [3.8, 4) is 0 Å². The average molecular weight is 300 g/mol. The van der Waals surface area contributed by atoms with Gasteiger partial charge in [-0.1, -0.05) is 36.0 Å². The van der Waals surface area contributed by atoms with Crippen LogP contribution >= 0.6 is 23.1 Å². The van der Waals surface area contributed by atoms with Gasteiger partial charge in [0.2, 0.25) is 0 Å². The van der Waals surface area contributed by atoms with E-state index in [0.717, 1.165) is 16.3 Å². The number of nitrogens with zero attached hydrogens (tertiary/aromatic N) is 1. The molecule has 0 aliphatic heterocycles. The molecule has 4 heteroatoms. The van der Waals surface area contributed by atoms with Gasteiger partial charge in [0, 0.05) is 4.90 Å². The minimum atomic E-state index is 0.698. The molecule has 0 fully saturated rings. The fraction of sp³-hybridized carbons (Fsp3) is 0.188. The lowest BCUT2D eigenvalue weighted by atomic mass is 10.1. The molecule has 0 saturated heterocycles. The van der Waals surface area contributed by atoms with Gasteiger partial charge in [-0.2, -0.15) is 0 Å². The Morgan fingerprint density at radius 2 is 2.05 bits per heavy atom. The van der Waals surface area contributed by atoms with E-state index in [1.54, 1.807) is 23.1 Å². The standard InChI is InChI=1S/C16H16N2S2/c1-11-10-12(8-9-17)6-7-14(11)19-16-18-13-4-2-3-5-15(13)20-16/h2-7,10H,8-9,17H2,1H3. The van der Waals surface area contributed by atoms with Crippen LogP contribution in [0.15, 0.2) is 51.7 Å². The maximum absolute atomic E-state index is 5.60. The molecular formula is C16H16N2S2. The Morgan fingerprint density at radius 1 is 1.20 bits per heavy atom. The molecule has 3 aromatic rings. The summed E-state index contributed by atoms with van der Waals surface area (Å²) < 4.78 is 2.34. The normalized spacial score (nSPS) is 11.1. The van der Waals surface area contributed by atoms with E-state index >= 15 is 0 Å². The molecule has 0 unspecified atom stereocenters. The number of hydrogen-bond acceptors (Lipinski definition) is 4. The highest BCUT2D eigenvalue weighted by Crippen LogP contribution is 2.35. The maximum atomic E-state index is 5.60. The third-order valence-electron chi connectivity index (χ3n) is 3.14. The zero-order valence-electron chi connectivity index (χ0n) is 11.3. The molecule has 0 saturated carbocycles. The van der Waals surface area contributed by atoms with Crippen molar-refractivity contribution < 1.29 is 0 Å². The lowest BCUT2D eigenvalue weighted by Gasteiger charge is -2.06. The molecule has 1 aromatic heterocycles. The van der Waals surface area contributed by atoms with E-state index < -0.39 is 0 Å². The van der Waals surface area contributed by atoms with Gasteiger partial charge in [-0.25, -0.2) is 4.98 Å². The van der Waals surface area contributed by atoms with E-state index in [2.05, 4.69) is 48.3 Å². The molecule has 20 heavy (non-hydrogen) atoms. The molecule has 0 spiro atoms. The summed E-state index contributed by atoms with van der Waals surface area (Å²) in [5.74, 6) is 0. The Bertz CT molecular complexity index is 701. The molecule has 0 radical (unpaired) electrons. The Balaban J connectivity index is 1.86. The topological polar surface area (TPSA) is 38.9 Å². The van der Waals surface area contributed by atoms with Crippen LogP contribution in [-0.2, 0) is 6.42 Å². The highest BCUT2D eigenvalue weighted by Gasteiger charge is 2.07. The number of thiazole rings is 1. The molecule has 0 amide bonds. The number of hydrogen-bond donors (Lipinski definition) is 1. The fourth-order valence-corrected chi connectivity index (χ4v) is 4.23. The van der Waals surface area contributed by atoms with Gasteiger partial charge in [0.05, 0.1) is 10.2 Å². The summed E-state index contributed by atoms with van der Waals surface area (Å²) in [5.41, 5.74) is 9.28. The summed E-state index contributed by atoms with van der Waals surface area (Å²) in [5, 5.41) is 0. The molecule has 0 aliphatic carbocycles. The van der Waals surface area contributed by atoms with Crippen LogP contribution in [0.1, 0.15) is 11.1 Å². The van der Waals surface area contributed by atoms with Crippen molar-refractivity contribution >= 4 is 33.3 Å². The second kappa shape index (κ2) is 5.95. The van der Waals surface area contributed by atoms with E-state index in [0.29, 0.717) is 6.54 Å². The predicted octanol–water partition coefficient (Wildman–Crippen LogP) is 4.26. The molecule has 3 rings (SSSR count). The van der Waals surface area contributed by atoms with Crippen molar-refractivity contribution in [2.75, 3.05) is 6.54 Å². The SMILES string of the molecule is Cc1cc(CCN)ccc1Sc1nc2ccccc2s1. The average Bonchev–Trinajstić information content (AvgIpc) is 2.84. The van der Waals surface area contributed by atoms with E-state index in [4.69, 9.17) is 5.73 Å². The minimum absolute atomic E-state index is 0.698. The first-order chi connectivity index (χ1) is 9.76. The van der Waals surface area contributed by atoms with Crippen molar-refractivity contribution in [3.05, 3.63) is 53.6 Å². The van der Waals surface area contributed by atoms with E-state index in [1.165, 1.54) is 20.7 Å². The van der Waals surface area contributed by atoms with E-state index in [9.17, 15) is 0 Å². The van der Waals surface area contributed by atoms with Crippen molar-refractivity contribution in [1.29, 1.82) is 0 Å². The van der Waals surface area contributed by atoms with Crippen molar-refractivity contribution in [2.24, 2.45) is 5.73 Å². The number of para-hydroxylation sites is 1. The van der Waals surface area contributed by atoms with E-state index in [-0.39, 0.29) is 0 Å². The summed E-state index contributed by atoms with van der Waals surface area (Å²) >= 11 is 3.49. The van der Waals surface area contributed by atoms with Crippen molar-refractivity contribution in [1.82, 2.24) is 4.98 Å². The second-order valence-corrected chi connectivity index (χ2v) is 7.01. The molecule has 0 atom stereocenters. The van der Waals surface area contributed by atoms with Crippen molar-refractivity contribution in [2.45, 2.75) is 22.6 Å². The third kappa shape index (κ3) is 2.87. The Hall–Kier alpha value is -1.36. The number of aryl methyl sites for hydroxylation is 1. The molecule has 2 nitrogen and oxygen atoms in total. The number of rotatable bonds is 4. The van der Waals surface area contributed by atoms with Crippen LogP contribution in [0.3, 0.4) is 0 Å². The van der Waals surface area contributed by atoms with Crippen LogP contribution in [0, 0.1) is 6.92 Å². The highest BCUT2D eigenvalue weighted by atomic mass is 32.2. The largest absolute Gasteiger partial charge is 0.330 e. The van der Waals surface area contributed by atoms with Gasteiger partial charge in [0.15, 0.2) is 4.34 Å². The Morgan fingerprint density at radius 3 is 2.80 bits per heavy atom. The van der Waals surface area contributed by atoms with Crippen LogP contribution in [0.25, 0.3) is 10.2 Å². The van der Waals surface area contributed by atoms with Gasteiger partial charge in [-0.05, 0) is 49.2 Å². The van der Waals surface area contributed by atoms with Gasteiger partial charge >= 0.3 is 0 Å². The maximum Gasteiger partial charge on any atom is 0.155 e. The number of nitrogens with two attached hydrogens (primary N) is 1. The molecule has 2 aromatic carbocycles. The molecule has 102 valence electrons. The third-order valence-corrected chi connectivity index (χ3v) is 5.42. The summed E-state index contributed by atoms with van der Waals surface area (Å²) in [6, 6.07) is 14.8. The highest BCUT2D eigenvalue weighted by molar-refractivity contribution is 8.01. The molecule has 2 N–H and O–H groups in total. The Kier molecular flexibility index (Phi) is 4.05. The summed E-state index contributed by atoms with van der Waals surface area (Å²) in [7, 11) is 0. The van der Waals surface area contributed by atoms with Crippen molar-refractivity contribution in [3.63, 3.8) is 0 Å². The van der Waals surface area contributed by atoms with Gasteiger partial charge in [0.25, 0.3) is 0 Å². The first kappa shape index (κ1) is 13.6. The van der Waals surface area contributed by atoms with E-state index in [1.807, 2.05) is 6.07 Å². The van der Waals surface area contributed by atoms with Crippen LogP contribution in [0.5, 0.6) is 0 Å². The van der Waals surface area contributed by atoms with Crippen LogP contribution < -0.4 is 5.73 Å². The molecule has 0 aliphatic rings. The summed E-state index contributed by atoms with van der Waals surface area (Å²) in [6.07, 6.45) is 0.937. The number of benzene rings is 2. The van der Waals surface area contributed by atoms with Crippen LogP contribution in [-0.4, -0.2) is 11.5 Å². The van der Waals surface area contributed by atoms with Crippen LogP contribution in [0.4, 0.5) is 0 Å². The van der Waals surface area contributed by atoms with Gasteiger partial charge < -0.3 is 5.73 Å². The number of fused-ring (bicyclic) bond motifs is 1. The lowest BCUT2D eigenvalue weighted by molar-refractivity contribution is 0.963. The van der Waals surface area contributed by atoms with Gasteiger partial charge in [-0.15, -0.1) is 11.3 Å².